The van der Waals surface area contributed by atoms with Crippen LogP contribution in [-0.2, 0) is 5.33 Å². The molecule has 1 rings (SSSR count). The molecule has 0 saturated carbocycles. The van der Waals surface area contributed by atoms with Crippen molar-refractivity contribution in [1.82, 2.24) is 0 Å². The summed E-state index contributed by atoms with van der Waals surface area (Å²) in [6.07, 6.45) is 6.86. The highest BCUT2D eigenvalue weighted by Gasteiger charge is 2.00. The average Bonchev–Trinajstić information content (AvgIpc) is 2.34. The van der Waals surface area contributed by atoms with Gasteiger partial charge in [0.05, 0.1) is 0 Å². The second kappa shape index (κ2) is 9.12. The largest absolute Gasteiger partial charge is 0.126 e. The summed E-state index contributed by atoms with van der Waals surface area (Å²) in [4.78, 5) is 1.44. The normalized spacial score (nSPS) is 10.6. The molecule has 0 atom stereocenters. The van der Waals surface area contributed by atoms with E-state index in [1.807, 2.05) is 11.8 Å². The fourth-order valence-electron chi connectivity index (χ4n) is 1.64. The number of hydrogen-bond donors (Lipinski definition) is 0. The summed E-state index contributed by atoms with van der Waals surface area (Å²) in [6, 6.07) is 8.68. The molecule has 0 radical (unpaired) electrons. The van der Waals surface area contributed by atoms with Gasteiger partial charge in [-0.05, 0) is 23.8 Å². The summed E-state index contributed by atoms with van der Waals surface area (Å²) < 4.78 is 0. The maximum absolute atomic E-state index is 3.54. The third-order valence-corrected chi connectivity index (χ3v) is 4.43. The molecule has 0 bridgehead atoms. The zero-order valence-corrected chi connectivity index (χ0v) is 12.4. The first-order valence-electron chi connectivity index (χ1n) is 6.15. The lowest BCUT2D eigenvalue weighted by Crippen LogP contribution is -1.86. The van der Waals surface area contributed by atoms with Gasteiger partial charge in [0.2, 0.25) is 0 Å². The lowest BCUT2D eigenvalue weighted by molar-refractivity contribution is 0.659. The van der Waals surface area contributed by atoms with Gasteiger partial charge in [-0.15, -0.1) is 11.8 Å². The van der Waals surface area contributed by atoms with Crippen LogP contribution in [0.3, 0.4) is 0 Å². The molecule has 0 spiro atoms. The molecule has 1 aromatic carbocycles. The highest BCUT2D eigenvalue weighted by atomic mass is 79.9. The Balaban J connectivity index is 2.21. The Hall–Kier alpha value is 0.0500. The van der Waals surface area contributed by atoms with Crippen LogP contribution >= 0.6 is 27.7 Å². The summed E-state index contributed by atoms with van der Waals surface area (Å²) in [6.45, 7) is 2.26. The van der Waals surface area contributed by atoms with Crippen LogP contribution in [0.2, 0.25) is 0 Å². The molecular formula is C14H21BrS. The van der Waals surface area contributed by atoms with Crippen LogP contribution in [0.5, 0.6) is 0 Å². The number of hydrogen-bond acceptors (Lipinski definition) is 1. The van der Waals surface area contributed by atoms with Gasteiger partial charge in [0.15, 0.2) is 0 Å². The van der Waals surface area contributed by atoms with Gasteiger partial charge in [-0.25, -0.2) is 0 Å². The first kappa shape index (κ1) is 14.1. The molecule has 0 aliphatic carbocycles. The zero-order chi connectivity index (χ0) is 11.6. The monoisotopic (exact) mass is 300 g/mol. The molecule has 0 nitrogen and oxygen atoms in total. The molecular weight excluding hydrogens is 280 g/mol. The minimum absolute atomic E-state index is 0.964. The third-order valence-electron chi connectivity index (χ3n) is 2.62. The maximum Gasteiger partial charge on any atom is 0.0294 e. The second-order valence-electron chi connectivity index (χ2n) is 4.00. The van der Waals surface area contributed by atoms with Gasteiger partial charge < -0.3 is 0 Å². The molecule has 90 valence electrons. The smallest absolute Gasteiger partial charge is 0.0294 e. The van der Waals surface area contributed by atoms with Crippen molar-refractivity contribution in [3.8, 4) is 0 Å². The number of thioether (sulfide) groups is 1. The van der Waals surface area contributed by atoms with E-state index in [2.05, 4.69) is 47.1 Å². The van der Waals surface area contributed by atoms with Crippen molar-refractivity contribution in [2.24, 2.45) is 0 Å². The lowest BCUT2D eigenvalue weighted by Gasteiger charge is -2.06. The van der Waals surface area contributed by atoms with Gasteiger partial charge in [-0.3, -0.25) is 0 Å². The predicted octanol–water partition coefficient (Wildman–Crippen LogP) is 5.64. The van der Waals surface area contributed by atoms with Crippen LogP contribution in [-0.4, -0.2) is 5.75 Å². The summed E-state index contributed by atoms with van der Waals surface area (Å²) in [5.74, 6) is 1.26. The summed E-state index contributed by atoms with van der Waals surface area (Å²) >= 11 is 5.54. The van der Waals surface area contributed by atoms with E-state index in [-0.39, 0.29) is 0 Å². The number of unbranched alkanes of at least 4 members (excludes halogenated alkanes) is 4. The van der Waals surface area contributed by atoms with E-state index in [9.17, 15) is 0 Å². The van der Waals surface area contributed by atoms with E-state index < -0.39 is 0 Å². The molecule has 0 fully saturated rings. The number of benzene rings is 1. The molecule has 0 aromatic heterocycles. The van der Waals surface area contributed by atoms with E-state index >= 15 is 0 Å². The van der Waals surface area contributed by atoms with Crippen molar-refractivity contribution >= 4 is 27.7 Å². The number of rotatable bonds is 8. The quantitative estimate of drug-likeness (QED) is 0.340. The van der Waals surface area contributed by atoms with E-state index in [1.165, 1.54) is 48.3 Å². The molecule has 2 heteroatoms. The summed E-state index contributed by atoms with van der Waals surface area (Å²) in [5.41, 5.74) is 1.42. The van der Waals surface area contributed by atoms with Crippen molar-refractivity contribution in [2.75, 3.05) is 5.75 Å². The van der Waals surface area contributed by atoms with Gasteiger partial charge in [0.1, 0.15) is 0 Å². The van der Waals surface area contributed by atoms with E-state index in [4.69, 9.17) is 0 Å². The van der Waals surface area contributed by atoms with Gasteiger partial charge in [0.25, 0.3) is 0 Å². The fraction of sp³-hybridized carbons (Fsp3) is 0.571. The molecule has 0 saturated heterocycles. The number of alkyl halides is 1. The van der Waals surface area contributed by atoms with Crippen molar-refractivity contribution in [2.45, 2.75) is 49.3 Å². The molecule has 0 aliphatic heterocycles. The van der Waals surface area contributed by atoms with Gasteiger partial charge in [-0.1, -0.05) is 66.7 Å². The highest BCUT2D eigenvalue weighted by Crippen LogP contribution is 2.25. The minimum Gasteiger partial charge on any atom is -0.126 e. The topological polar surface area (TPSA) is 0 Å². The van der Waals surface area contributed by atoms with Crippen molar-refractivity contribution in [3.63, 3.8) is 0 Å². The molecule has 1 aromatic rings. The van der Waals surface area contributed by atoms with Crippen LogP contribution in [0.25, 0.3) is 0 Å². The predicted molar refractivity (Wildman–Crippen MR) is 78.6 cm³/mol. The van der Waals surface area contributed by atoms with Crippen molar-refractivity contribution in [1.29, 1.82) is 0 Å². The lowest BCUT2D eigenvalue weighted by atomic mass is 10.2. The first-order valence-corrected chi connectivity index (χ1v) is 8.26. The Labute approximate surface area is 112 Å². The van der Waals surface area contributed by atoms with Gasteiger partial charge in [0, 0.05) is 10.2 Å². The second-order valence-corrected chi connectivity index (χ2v) is 5.70. The standard InChI is InChI=1S/C14H21BrS/c1-2-3-4-5-8-11-16-14-10-7-6-9-13(14)12-15/h6-7,9-10H,2-5,8,11-12H2,1H3. The van der Waals surface area contributed by atoms with Gasteiger partial charge in [-0.2, -0.15) is 0 Å². The van der Waals surface area contributed by atoms with Crippen LogP contribution in [0, 0.1) is 0 Å². The van der Waals surface area contributed by atoms with Crippen molar-refractivity contribution < 1.29 is 0 Å². The summed E-state index contributed by atoms with van der Waals surface area (Å²) in [7, 11) is 0. The summed E-state index contributed by atoms with van der Waals surface area (Å²) in [5, 5.41) is 0.964. The molecule has 0 heterocycles. The maximum atomic E-state index is 3.54. The van der Waals surface area contributed by atoms with Crippen LogP contribution in [0.1, 0.15) is 44.6 Å². The molecule has 0 amide bonds. The highest BCUT2D eigenvalue weighted by molar-refractivity contribution is 9.08. The van der Waals surface area contributed by atoms with E-state index in [0.29, 0.717) is 0 Å². The van der Waals surface area contributed by atoms with Crippen LogP contribution in [0.15, 0.2) is 29.2 Å². The Morgan fingerprint density at radius 3 is 2.56 bits per heavy atom. The SMILES string of the molecule is CCCCCCCSc1ccccc1CBr. The molecule has 16 heavy (non-hydrogen) atoms. The minimum atomic E-state index is 0.964. The molecule has 0 N–H and O–H groups in total. The third kappa shape index (κ3) is 5.40. The molecule has 0 unspecified atom stereocenters. The van der Waals surface area contributed by atoms with E-state index in [0.717, 1.165) is 5.33 Å². The Bertz CT molecular complexity index is 286. The molecule has 0 aliphatic rings. The average molecular weight is 301 g/mol. The number of halogens is 1. The Morgan fingerprint density at radius 2 is 1.81 bits per heavy atom. The van der Waals surface area contributed by atoms with Crippen molar-refractivity contribution in [3.05, 3.63) is 29.8 Å². The Morgan fingerprint density at radius 1 is 1.06 bits per heavy atom. The first-order chi connectivity index (χ1) is 7.88. The van der Waals surface area contributed by atoms with E-state index in [1.54, 1.807) is 0 Å². The van der Waals surface area contributed by atoms with Crippen LogP contribution in [0.4, 0.5) is 0 Å². The van der Waals surface area contributed by atoms with Crippen LogP contribution < -0.4 is 0 Å². The zero-order valence-electron chi connectivity index (χ0n) is 10.0. The van der Waals surface area contributed by atoms with Gasteiger partial charge >= 0.3 is 0 Å². The Kier molecular flexibility index (Phi) is 8.04. The fourth-order valence-corrected chi connectivity index (χ4v) is 3.39.